The zero-order valence-electron chi connectivity index (χ0n) is 21.0. The molecular formula is C26H27NO10. The van der Waals surface area contributed by atoms with Crippen molar-refractivity contribution in [2.45, 2.75) is 19.3 Å². The van der Waals surface area contributed by atoms with Crippen molar-refractivity contribution in [3.63, 3.8) is 0 Å². The molecule has 2 N–H and O–H groups in total. The van der Waals surface area contributed by atoms with Gasteiger partial charge in [-0.3, -0.25) is 4.79 Å². The van der Waals surface area contributed by atoms with Crippen LogP contribution in [0.25, 0.3) is 0 Å². The van der Waals surface area contributed by atoms with E-state index in [-0.39, 0.29) is 30.3 Å². The predicted molar refractivity (Wildman–Crippen MR) is 132 cm³/mol. The molecule has 37 heavy (non-hydrogen) atoms. The maximum Gasteiger partial charge on any atom is 0.343 e. The lowest BCUT2D eigenvalue weighted by atomic mass is 9.88. The smallest absolute Gasteiger partial charge is 0.343 e. The molecule has 1 aromatic heterocycles. The van der Waals surface area contributed by atoms with Gasteiger partial charge in [-0.15, -0.1) is 0 Å². The molecule has 0 bridgehead atoms. The normalized spacial score (nSPS) is 12.6. The first-order valence-corrected chi connectivity index (χ1v) is 11.2. The highest BCUT2D eigenvalue weighted by Gasteiger charge is 2.30. The van der Waals surface area contributed by atoms with Gasteiger partial charge < -0.3 is 43.3 Å². The Labute approximate surface area is 212 Å². The molecule has 11 heteroatoms. The largest absolute Gasteiger partial charge is 0.507 e. The number of benzene rings is 2. The minimum atomic E-state index is -0.915. The van der Waals surface area contributed by atoms with Gasteiger partial charge in [-0.05, 0) is 24.6 Å². The molecule has 0 saturated heterocycles. The van der Waals surface area contributed by atoms with Crippen LogP contribution < -0.4 is 39.4 Å². The number of nitrogens with one attached hydrogen (secondary N) is 1. The average molecular weight is 513 g/mol. The summed E-state index contributed by atoms with van der Waals surface area (Å²) in [5.74, 6) is 0.791. The van der Waals surface area contributed by atoms with E-state index in [4.69, 9.17) is 32.8 Å². The Morgan fingerprint density at radius 1 is 0.973 bits per heavy atom. The first-order chi connectivity index (χ1) is 17.8. The van der Waals surface area contributed by atoms with Crippen molar-refractivity contribution in [2.24, 2.45) is 0 Å². The Balaban J connectivity index is 1.74. The lowest BCUT2D eigenvalue weighted by Gasteiger charge is -2.20. The number of rotatable bonds is 9. The second kappa shape index (κ2) is 10.6. The van der Waals surface area contributed by atoms with Gasteiger partial charge in [-0.2, -0.15) is 0 Å². The lowest BCUT2D eigenvalue weighted by molar-refractivity contribution is -0.116. The first kappa shape index (κ1) is 25.5. The van der Waals surface area contributed by atoms with Crippen LogP contribution in [0.3, 0.4) is 0 Å². The van der Waals surface area contributed by atoms with Crippen LogP contribution in [0.5, 0.6) is 40.2 Å². The van der Waals surface area contributed by atoms with E-state index < -0.39 is 17.5 Å². The molecule has 2 aromatic carbocycles. The SMILES string of the molecule is COc1cc(NC(=O)C[C@@H](c2cc(OC)c3c(c2)OCO3)c2c(O)cc(C)oc2=O)cc(OC)c1OC. The number of hydrogen-bond acceptors (Lipinski definition) is 10. The van der Waals surface area contributed by atoms with Crippen molar-refractivity contribution in [1.29, 1.82) is 0 Å². The standard InChI is InChI=1S/C26H27NO10/c1-13-6-17(28)23(26(30)37-13)16(14-7-18(31-2)25-21(8-14)35-12-36-25)11-22(29)27-15-9-19(32-3)24(34-5)20(10-15)33-4/h6-10,16,28H,11-12H2,1-5H3,(H,27,29)/t16-/m0/s1. The molecule has 1 atom stereocenters. The number of fused-ring (bicyclic) bond motifs is 1. The van der Waals surface area contributed by atoms with Gasteiger partial charge in [0.2, 0.25) is 24.2 Å². The van der Waals surface area contributed by atoms with E-state index >= 15 is 0 Å². The topological polar surface area (TPSA) is 135 Å². The highest BCUT2D eigenvalue weighted by Crippen LogP contribution is 2.45. The van der Waals surface area contributed by atoms with Gasteiger partial charge in [0, 0.05) is 36.2 Å². The molecule has 0 unspecified atom stereocenters. The van der Waals surface area contributed by atoms with Crippen molar-refractivity contribution in [3.8, 4) is 40.2 Å². The average Bonchev–Trinajstić information content (AvgIpc) is 3.35. The Bertz CT molecular complexity index is 1360. The number of amides is 1. The molecule has 1 amide bonds. The second-order valence-corrected chi connectivity index (χ2v) is 8.12. The fraction of sp³-hybridized carbons (Fsp3) is 0.308. The summed E-state index contributed by atoms with van der Waals surface area (Å²) in [5.41, 5.74) is 0.0144. The highest BCUT2D eigenvalue weighted by molar-refractivity contribution is 5.92. The van der Waals surface area contributed by atoms with E-state index in [1.165, 1.54) is 34.5 Å². The highest BCUT2D eigenvalue weighted by atomic mass is 16.7. The number of methoxy groups -OCH3 is 4. The summed E-state index contributed by atoms with van der Waals surface area (Å²) in [6.07, 6.45) is -0.235. The summed E-state index contributed by atoms with van der Waals surface area (Å²) in [6.45, 7) is 1.54. The number of hydrogen-bond donors (Lipinski definition) is 2. The van der Waals surface area contributed by atoms with Crippen molar-refractivity contribution in [3.05, 3.63) is 57.6 Å². The Morgan fingerprint density at radius 3 is 2.24 bits per heavy atom. The Morgan fingerprint density at radius 2 is 1.65 bits per heavy atom. The van der Waals surface area contributed by atoms with E-state index in [9.17, 15) is 14.7 Å². The fourth-order valence-corrected chi connectivity index (χ4v) is 4.21. The molecule has 0 radical (unpaired) electrons. The number of aryl methyl sites for hydroxylation is 1. The van der Waals surface area contributed by atoms with Gasteiger partial charge in [0.05, 0.1) is 34.0 Å². The van der Waals surface area contributed by atoms with Crippen molar-refractivity contribution >= 4 is 11.6 Å². The van der Waals surface area contributed by atoms with Gasteiger partial charge in [-0.1, -0.05) is 0 Å². The van der Waals surface area contributed by atoms with Gasteiger partial charge >= 0.3 is 5.63 Å². The summed E-state index contributed by atoms with van der Waals surface area (Å²) in [6, 6.07) is 7.75. The van der Waals surface area contributed by atoms with Crippen LogP contribution >= 0.6 is 0 Å². The maximum absolute atomic E-state index is 13.3. The van der Waals surface area contributed by atoms with Gasteiger partial charge in [0.1, 0.15) is 11.5 Å². The van der Waals surface area contributed by atoms with Crippen LogP contribution in [-0.2, 0) is 4.79 Å². The third-order valence-electron chi connectivity index (χ3n) is 5.86. The molecular weight excluding hydrogens is 486 g/mol. The van der Waals surface area contributed by atoms with E-state index in [1.807, 2.05) is 0 Å². The molecule has 3 aromatic rings. The maximum atomic E-state index is 13.3. The summed E-state index contributed by atoms with van der Waals surface area (Å²) >= 11 is 0. The summed E-state index contributed by atoms with van der Waals surface area (Å²) in [4.78, 5) is 26.1. The number of ether oxygens (including phenoxy) is 6. The van der Waals surface area contributed by atoms with Crippen molar-refractivity contribution in [1.82, 2.24) is 0 Å². The third kappa shape index (κ3) is 5.06. The summed E-state index contributed by atoms with van der Waals surface area (Å²) < 4.78 is 37.7. The van der Waals surface area contributed by atoms with Crippen LogP contribution in [-0.4, -0.2) is 46.2 Å². The van der Waals surface area contributed by atoms with Crippen LogP contribution in [0, 0.1) is 6.92 Å². The summed E-state index contributed by atoms with van der Waals surface area (Å²) in [5, 5.41) is 13.5. The van der Waals surface area contributed by atoms with Gasteiger partial charge in [-0.25, -0.2) is 4.79 Å². The minimum absolute atomic E-state index is 0.000639. The quantitative estimate of drug-likeness (QED) is 0.437. The van der Waals surface area contributed by atoms with E-state index in [1.54, 1.807) is 31.2 Å². The molecule has 1 aliphatic heterocycles. The van der Waals surface area contributed by atoms with Crippen LogP contribution in [0.15, 0.2) is 39.5 Å². The molecule has 0 spiro atoms. The van der Waals surface area contributed by atoms with Gasteiger partial charge in [0.25, 0.3) is 0 Å². The zero-order valence-corrected chi connectivity index (χ0v) is 21.0. The van der Waals surface area contributed by atoms with Gasteiger partial charge in [0.15, 0.2) is 23.0 Å². The minimum Gasteiger partial charge on any atom is -0.507 e. The molecule has 0 saturated carbocycles. The Kier molecular flexibility index (Phi) is 7.32. The number of carbonyl (C=O) groups excluding carboxylic acids is 1. The molecule has 11 nitrogen and oxygen atoms in total. The van der Waals surface area contributed by atoms with Crippen molar-refractivity contribution < 1.29 is 42.7 Å². The molecule has 1 aliphatic rings. The Hall–Kier alpha value is -4.54. The third-order valence-corrected chi connectivity index (χ3v) is 5.86. The van der Waals surface area contributed by atoms with Crippen molar-refractivity contribution in [2.75, 3.05) is 40.5 Å². The molecule has 0 fully saturated rings. The van der Waals surface area contributed by atoms with Crippen LogP contribution in [0.1, 0.15) is 29.2 Å². The van der Waals surface area contributed by atoms with Crippen LogP contribution in [0.2, 0.25) is 0 Å². The summed E-state index contributed by atoms with van der Waals surface area (Å²) in [7, 11) is 5.87. The molecule has 4 rings (SSSR count). The molecule has 0 aliphatic carbocycles. The first-order valence-electron chi connectivity index (χ1n) is 11.2. The zero-order chi connectivity index (χ0) is 26.7. The monoisotopic (exact) mass is 513 g/mol. The van der Waals surface area contributed by atoms with Crippen LogP contribution in [0.4, 0.5) is 5.69 Å². The second-order valence-electron chi connectivity index (χ2n) is 8.12. The fourth-order valence-electron chi connectivity index (χ4n) is 4.21. The number of aromatic hydroxyl groups is 1. The molecule has 196 valence electrons. The van der Waals surface area contributed by atoms with E-state index in [0.717, 1.165) is 0 Å². The molecule has 2 heterocycles. The van der Waals surface area contributed by atoms with E-state index in [0.29, 0.717) is 45.7 Å². The predicted octanol–water partition coefficient (Wildman–Crippen LogP) is 3.58. The van der Waals surface area contributed by atoms with E-state index in [2.05, 4.69) is 5.32 Å². The number of anilines is 1. The number of carbonyl (C=O) groups is 1. The lowest BCUT2D eigenvalue weighted by Crippen LogP contribution is -2.21.